The summed E-state index contributed by atoms with van der Waals surface area (Å²) in [6.07, 6.45) is 2.36. The van der Waals surface area contributed by atoms with Gasteiger partial charge in [0.2, 0.25) is 5.91 Å². The van der Waals surface area contributed by atoms with Crippen molar-refractivity contribution in [3.8, 4) is 5.75 Å². The zero-order chi connectivity index (χ0) is 21.2. The minimum atomic E-state index is -0.816. The van der Waals surface area contributed by atoms with Crippen LogP contribution in [0.25, 0.3) is 10.8 Å². The van der Waals surface area contributed by atoms with Crippen molar-refractivity contribution in [2.24, 2.45) is 0 Å². The third-order valence-electron chi connectivity index (χ3n) is 4.27. The highest BCUT2D eigenvalue weighted by Gasteiger charge is 2.24. The Balaban J connectivity index is 1.84. The third-order valence-corrected chi connectivity index (χ3v) is 4.92. The van der Waals surface area contributed by atoms with Crippen LogP contribution in [-0.2, 0) is 19.1 Å². The zero-order valence-corrected chi connectivity index (χ0v) is 17.6. The van der Waals surface area contributed by atoms with E-state index in [-0.39, 0.29) is 6.61 Å². The van der Waals surface area contributed by atoms with Gasteiger partial charge < -0.3 is 20.1 Å². The van der Waals surface area contributed by atoms with E-state index in [2.05, 4.69) is 10.6 Å². The van der Waals surface area contributed by atoms with E-state index in [1.165, 1.54) is 7.11 Å². The summed E-state index contributed by atoms with van der Waals surface area (Å²) in [7, 11) is 1.27. The number of esters is 1. The molecule has 0 aromatic heterocycles. The van der Waals surface area contributed by atoms with E-state index in [9.17, 15) is 14.4 Å². The molecule has 0 radical (unpaired) electrons. The summed E-state index contributed by atoms with van der Waals surface area (Å²) in [5.41, 5.74) is 0. The molecule has 0 aliphatic rings. The van der Waals surface area contributed by atoms with Crippen LogP contribution in [0.3, 0.4) is 0 Å². The molecule has 0 fully saturated rings. The van der Waals surface area contributed by atoms with Crippen molar-refractivity contribution < 1.29 is 23.9 Å². The number of amides is 2. The molecular formula is C21H26N2O5S. The fourth-order valence-electron chi connectivity index (χ4n) is 2.68. The first-order valence-corrected chi connectivity index (χ1v) is 10.6. The molecule has 0 bridgehead atoms. The summed E-state index contributed by atoms with van der Waals surface area (Å²) >= 11 is 1.56. The summed E-state index contributed by atoms with van der Waals surface area (Å²) in [6, 6.07) is 11.8. The Morgan fingerprint density at radius 2 is 1.79 bits per heavy atom. The van der Waals surface area contributed by atoms with Gasteiger partial charge in [-0.15, -0.1) is 0 Å². The Morgan fingerprint density at radius 1 is 1.07 bits per heavy atom. The number of thioether (sulfide) groups is 1. The fraction of sp³-hybridized carbons (Fsp3) is 0.381. The van der Waals surface area contributed by atoms with E-state index in [1.54, 1.807) is 24.8 Å². The molecule has 2 aromatic rings. The summed E-state index contributed by atoms with van der Waals surface area (Å²) in [5.74, 6) is -0.134. The first kappa shape index (κ1) is 22.5. The lowest BCUT2D eigenvalue weighted by Crippen LogP contribution is -2.51. The molecule has 0 saturated carbocycles. The SMILES string of the molecule is COC(=O)[C@H](CCSC)NC(=O)[C@H](C)NC(=O)COc1ccc2ccccc2c1. The van der Waals surface area contributed by atoms with Gasteiger partial charge in [0.25, 0.3) is 5.91 Å². The molecule has 2 rings (SSSR count). The van der Waals surface area contributed by atoms with Crippen molar-refractivity contribution in [2.45, 2.75) is 25.4 Å². The second-order valence-electron chi connectivity index (χ2n) is 6.45. The lowest BCUT2D eigenvalue weighted by molar-refractivity contribution is -0.145. The summed E-state index contributed by atoms with van der Waals surface area (Å²) in [5, 5.41) is 7.28. The predicted octanol–water partition coefficient (Wildman–Crippen LogP) is 2.13. The Kier molecular flexibility index (Phi) is 8.79. The number of benzene rings is 2. The average molecular weight is 419 g/mol. The van der Waals surface area contributed by atoms with E-state index in [0.29, 0.717) is 17.9 Å². The summed E-state index contributed by atoms with van der Waals surface area (Å²) in [4.78, 5) is 36.2. The van der Waals surface area contributed by atoms with E-state index < -0.39 is 29.9 Å². The first-order valence-electron chi connectivity index (χ1n) is 9.22. The van der Waals surface area contributed by atoms with Gasteiger partial charge in [-0.25, -0.2) is 4.79 Å². The number of hydrogen-bond acceptors (Lipinski definition) is 6. The molecule has 2 amide bonds. The molecule has 0 aliphatic carbocycles. The van der Waals surface area contributed by atoms with Crippen LogP contribution in [0, 0.1) is 0 Å². The van der Waals surface area contributed by atoms with Crippen LogP contribution in [0.4, 0.5) is 0 Å². The number of fused-ring (bicyclic) bond motifs is 1. The van der Waals surface area contributed by atoms with E-state index in [4.69, 9.17) is 9.47 Å². The van der Waals surface area contributed by atoms with Crippen molar-refractivity contribution in [3.05, 3.63) is 42.5 Å². The molecule has 7 nitrogen and oxygen atoms in total. The molecule has 2 N–H and O–H groups in total. The number of methoxy groups -OCH3 is 1. The molecule has 0 heterocycles. The van der Waals surface area contributed by atoms with E-state index >= 15 is 0 Å². The lowest BCUT2D eigenvalue weighted by Gasteiger charge is -2.19. The van der Waals surface area contributed by atoms with E-state index in [1.807, 2.05) is 42.7 Å². The van der Waals surface area contributed by atoms with Gasteiger partial charge in [0.15, 0.2) is 6.61 Å². The number of carbonyl (C=O) groups excluding carboxylic acids is 3. The van der Waals surface area contributed by atoms with E-state index in [0.717, 1.165) is 10.8 Å². The van der Waals surface area contributed by atoms with Gasteiger partial charge in [-0.3, -0.25) is 9.59 Å². The van der Waals surface area contributed by atoms with Crippen LogP contribution in [0.2, 0.25) is 0 Å². The summed E-state index contributed by atoms with van der Waals surface area (Å²) in [6.45, 7) is 1.33. The van der Waals surface area contributed by atoms with Gasteiger partial charge in [0.1, 0.15) is 17.8 Å². The summed E-state index contributed by atoms with van der Waals surface area (Å²) < 4.78 is 10.2. The molecule has 8 heteroatoms. The Labute approximate surface area is 174 Å². The molecule has 2 atom stereocenters. The van der Waals surface area contributed by atoms with Gasteiger partial charge in [-0.05, 0) is 48.3 Å². The maximum Gasteiger partial charge on any atom is 0.328 e. The van der Waals surface area contributed by atoms with Gasteiger partial charge in [0.05, 0.1) is 7.11 Å². The Bertz CT molecular complexity index is 858. The molecule has 156 valence electrons. The van der Waals surface area contributed by atoms with Crippen LogP contribution < -0.4 is 15.4 Å². The van der Waals surface area contributed by atoms with Crippen LogP contribution in [0.5, 0.6) is 5.75 Å². The number of carbonyl (C=O) groups is 3. The molecule has 2 aromatic carbocycles. The van der Waals surface area contributed by atoms with Gasteiger partial charge in [0, 0.05) is 0 Å². The maximum atomic E-state index is 12.3. The number of ether oxygens (including phenoxy) is 2. The number of nitrogens with one attached hydrogen (secondary N) is 2. The van der Waals surface area contributed by atoms with Gasteiger partial charge >= 0.3 is 5.97 Å². The maximum absolute atomic E-state index is 12.3. The molecule has 0 unspecified atom stereocenters. The first-order chi connectivity index (χ1) is 13.9. The highest BCUT2D eigenvalue weighted by atomic mass is 32.2. The average Bonchev–Trinajstić information content (AvgIpc) is 2.74. The third kappa shape index (κ3) is 6.98. The molecule has 0 aliphatic heterocycles. The number of rotatable bonds is 10. The standard InChI is InChI=1S/C21H26N2O5S/c1-14(20(25)23-18(10-11-29-3)21(26)27-2)22-19(24)13-28-17-9-8-15-6-4-5-7-16(15)12-17/h4-9,12,14,18H,10-11,13H2,1-3H3,(H,22,24)(H,23,25)/t14-,18-/m0/s1. The normalized spacial score (nSPS) is 12.7. The van der Waals surface area contributed by atoms with Crippen LogP contribution >= 0.6 is 11.8 Å². The van der Waals surface area contributed by atoms with Gasteiger partial charge in [-0.1, -0.05) is 30.3 Å². The lowest BCUT2D eigenvalue weighted by atomic mass is 10.1. The van der Waals surface area contributed by atoms with Crippen molar-refractivity contribution in [1.82, 2.24) is 10.6 Å². The van der Waals surface area contributed by atoms with Crippen molar-refractivity contribution in [2.75, 3.05) is 25.7 Å². The van der Waals surface area contributed by atoms with Gasteiger partial charge in [-0.2, -0.15) is 11.8 Å². The van der Waals surface area contributed by atoms with Crippen molar-refractivity contribution in [3.63, 3.8) is 0 Å². The fourth-order valence-corrected chi connectivity index (χ4v) is 3.15. The monoisotopic (exact) mass is 418 g/mol. The Hall–Kier alpha value is -2.74. The van der Waals surface area contributed by atoms with Crippen molar-refractivity contribution >= 4 is 40.3 Å². The smallest absolute Gasteiger partial charge is 0.328 e. The minimum absolute atomic E-state index is 0.219. The largest absolute Gasteiger partial charge is 0.484 e. The van der Waals surface area contributed by atoms with Crippen LogP contribution in [0.1, 0.15) is 13.3 Å². The molecule has 29 heavy (non-hydrogen) atoms. The minimum Gasteiger partial charge on any atom is -0.484 e. The predicted molar refractivity (Wildman–Crippen MR) is 114 cm³/mol. The molecular weight excluding hydrogens is 392 g/mol. The highest BCUT2D eigenvalue weighted by Crippen LogP contribution is 2.20. The second-order valence-corrected chi connectivity index (χ2v) is 7.44. The Morgan fingerprint density at radius 3 is 2.48 bits per heavy atom. The zero-order valence-electron chi connectivity index (χ0n) is 16.8. The second kappa shape index (κ2) is 11.3. The van der Waals surface area contributed by atoms with Crippen LogP contribution in [-0.4, -0.2) is 55.6 Å². The topological polar surface area (TPSA) is 93.7 Å². The molecule has 0 spiro atoms. The molecule has 0 saturated heterocycles. The van der Waals surface area contributed by atoms with Crippen molar-refractivity contribution in [1.29, 1.82) is 0 Å². The number of hydrogen-bond donors (Lipinski definition) is 2. The quantitative estimate of drug-likeness (QED) is 0.574. The van der Waals surface area contributed by atoms with Crippen LogP contribution in [0.15, 0.2) is 42.5 Å². The highest BCUT2D eigenvalue weighted by molar-refractivity contribution is 7.98.